The number of aryl methyl sites for hydroxylation is 1. The van der Waals surface area contributed by atoms with Crippen LogP contribution in [-0.4, -0.2) is 29.6 Å². The number of nitrogens with zero attached hydrogens (tertiary/aromatic N) is 2. The summed E-state index contributed by atoms with van der Waals surface area (Å²) in [5.41, 5.74) is 3.20. The highest BCUT2D eigenvalue weighted by Gasteiger charge is 2.13. The first-order chi connectivity index (χ1) is 13.8. The van der Waals surface area contributed by atoms with Crippen LogP contribution in [0.5, 0.6) is 0 Å². The summed E-state index contributed by atoms with van der Waals surface area (Å²) < 4.78 is 24.2. The first-order valence-corrected chi connectivity index (χ1v) is 11.1. The van der Waals surface area contributed by atoms with Crippen molar-refractivity contribution in [1.29, 1.82) is 0 Å². The monoisotopic (exact) mass is 433 g/mol. The molecule has 1 amide bonds. The predicted molar refractivity (Wildman–Crippen MR) is 111 cm³/mol. The second-order valence-electron chi connectivity index (χ2n) is 6.16. The van der Waals surface area contributed by atoms with Gasteiger partial charge in [0, 0.05) is 6.54 Å². The number of nitrogens with one attached hydrogen (secondary N) is 1. The normalized spacial score (nSPS) is 11.5. The fourth-order valence-electron chi connectivity index (χ4n) is 2.71. The highest BCUT2D eigenvalue weighted by atomic mass is 32.2. The summed E-state index contributed by atoms with van der Waals surface area (Å²) in [6, 6.07) is 13.1. The van der Waals surface area contributed by atoms with Gasteiger partial charge in [0.15, 0.2) is 5.16 Å². The number of hydrogen-bond acceptors (Lipinski definition) is 7. The van der Waals surface area contributed by atoms with E-state index in [0.717, 1.165) is 17.3 Å². The van der Waals surface area contributed by atoms with E-state index in [1.54, 1.807) is 36.4 Å². The summed E-state index contributed by atoms with van der Waals surface area (Å²) in [6.45, 7) is 0.304. The zero-order valence-corrected chi connectivity index (χ0v) is 16.9. The molecule has 11 heteroatoms. The molecular weight excluding hydrogens is 414 g/mol. The van der Waals surface area contributed by atoms with Crippen LogP contribution >= 0.6 is 11.8 Å². The van der Waals surface area contributed by atoms with Crippen LogP contribution in [0, 0.1) is 0 Å². The maximum atomic E-state index is 13.0. The number of carbonyl (C=O) groups excluding carboxylic acids is 1. The van der Waals surface area contributed by atoms with Gasteiger partial charge in [-0.25, -0.2) is 24.4 Å². The molecule has 0 fully saturated rings. The number of thioether (sulfide) groups is 1. The lowest BCUT2D eigenvalue weighted by atomic mass is 10.1. The van der Waals surface area contributed by atoms with Crippen molar-refractivity contribution in [3.8, 4) is 0 Å². The van der Waals surface area contributed by atoms with Gasteiger partial charge in [0.05, 0.1) is 21.6 Å². The van der Waals surface area contributed by atoms with E-state index in [1.807, 2.05) is 5.43 Å². The van der Waals surface area contributed by atoms with Crippen molar-refractivity contribution in [2.24, 2.45) is 11.0 Å². The summed E-state index contributed by atoms with van der Waals surface area (Å²) in [5, 5.41) is 5.99. The molecule has 1 heterocycles. The number of benzene rings is 2. The molecule has 0 saturated heterocycles. The average Bonchev–Trinajstić information content (AvgIpc) is 2.71. The molecule has 1 aromatic heterocycles. The van der Waals surface area contributed by atoms with Gasteiger partial charge in [-0.15, -0.1) is 0 Å². The van der Waals surface area contributed by atoms with Gasteiger partial charge in [0.25, 0.3) is 5.56 Å². The number of hydrazine groups is 1. The minimum Gasteiger partial charge on any atom is -0.294 e. The summed E-state index contributed by atoms with van der Waals surface area (Å²) >= 11 is 1.11. The van der Waals surface area contributed by atoms with E-state index in [1.165, 1.54) is 16.7 Å². The average molecular weight is 434 g/mol. The molecule has 0 unspecified atom stereocenters. The number of amides is 1. The van der Waals surface area contributed by atoms with Crippen LogP contribution in [0.2, 0.25) is 0 Å². The van der Waals surface area contributed by atoms with E-state index >= 15 is 0 Å². The first kappa shape index (κ1) is 21.0. The van der Waals surface area contributed by atoms with Gasteiger partial charge in [-0.3, -0.25) is 19.6 Å². The molecule has 5 N–H and O–H groups in total. The van der Waals surface area contributed by atoms with Crippen LogP contribution in [0.4, 0.5) is 0 Å². The Morgan fingerprint density at radius 3 is 2.48 bits per heavy atom. The molecule has 2 aromatic carbocycles. The third kappa shape index (κ3) is 5.01. The zero-order chi connectivity index (χ0) is 21.0. The molecule has 0 atom stereocenters. The molecule has 9 nitrogen and oxygen atoms in total. The molecular formula is C18H19N5O4S2. The largest absolute Gasteiger partial charge is 0.294 e. The number of nitrogens with two attached hydrogens (primary N) is 2. The van der Waals surface area contributed by atoms with E-state index in [9.17, 15) is 18.0 Å². The minimum absolute atomic E-state index is 0.0182. The van der Waals surface area contributed by atoms with Crippen molar-refractivity contribution in [2.75, 3.05) is 5.75 Å². The standard InChI is InChI=1S/C18H19N5O4S2/c19-22-16(24)11-28-18-21-15-4-2-1-3-14(15)17(25)23(18)10-9-12-5-7-13(8-6-12)29(20,26)27/h1-8H,9-11,19H2,(H,22,24)(H2,20,26,27). The molecule has 0 aliphatic heterocycles. The van der Waals surface area contributed by atoms with Crippen LogP contribution in [0.1, 0.15) is 5.56 Å². The SMILES string of the molecule is NNC(=O)CSc1nc2ccccc2c(=O)n1CCc1ccc(S(N)(=O)=O)cc1. The summed E-state index contributed by atoms with van der Waals surface area (Å²) in [5.74, 6) is 4.75. The third-order valence-electron chi connectivity index (χ3n) is 4.20. The van der Waals surface area contributed by atoms with Crippen LogP contribution in [-0.2, 0) is 27.8 Å². The number of hydrogen-bond donors (Lipinski definition) is 3. The summed E-state index contributed by atoms with van der Waals surface area (Å²) in [4.78, 5) is 29.0. The predicted octanol–water partition coefficient (Wildman–Crippen LogP) is 0.369. The lowest BCUT2D eigenvalue weighted by Gasteiger charge is -2.13. The molecule has 152 valence electrons. The zero-order valence-electron chi connectivity index (χ0n) is 15.2. The Morgan fingerprint density at radius 1 is 1.14 bits per heavy atom. The molecule has 3 aromatic rings. The van der Waals surface area contributed by atoms with Crippen molar-refractivity contribution in [2.45, 2.75) is 23.0 Å². The number of fused-ring (bicyclic) bond motifs is 1. The van der Waals surface area contributed by atoms with Crippen molar-refractivity contribution >= 4 is 38.6 Å². The van der Waals surface area contributed by atoms with Crippen LogP contribution in [0.15, 0.2) is 63.4 Å². The second kappa shape index (κ2) is 8.74. The van der Waals surface area contributed by atoms with E-state index in [4.69, 9.17) is 11.0 Å². The molecule has 3 rings (SSSR count). The van der Waals surface area contributed by atoms with Crippen molar-refractivity contribution in [1.82, 2.24) is 15.0 Å². The van der Waals surface area contributed by atoms with Gasteiger partial charge in [0.2, 0.25) is 15.9 Å². The molecule has 0 aliphatic rings. The number of carbonyl (C=O) groups is 1. The second-order valence-corrected chi connectivity index (χ2v) is 8.67. The lowest BCUT2D eigenvalue weighted by Crippen LogP contribution is -2.32. The topological polar surface area (TPSA) is 150 Å². The summed E-state index contributed by atoms with van der Waals surface area (Å²) in [7, 11) is -3.76. The molecule has 0 aliphatic carbocycles. The lowest BCUT2D eigenvalue weighted by molar-refractivity contribution is -0.118. The maximum absolute atomic E-state index is 13.0. The smallest absolute Gasteiger partial charge is 0.262 e. The van der Waals surface area contributed by atoms with Gasteiger partial charge in [-0.1, -0.05) is 36.0 Å². The van der Waals surface area contributed by atoms with Gasteiger partial charge in [0.1, 0.15) is 0 Å². The van der Waals surface area contributed by atoms with Crippen LogP contribution < -0.4 is 22.0 Å². The fraction of sp³-hybridized carbons (Fsp3) is 0.167. The molecule has 0 radical (unpaired) electrons. The maximum Gasteiger partial charge on any atom is 0.262 e. The number of primary sulfonamides is 1. The fourth-order valence-corrected chi connectivity index (χ4v) is 4.07. The van der Waals surface area contributed by atoms with E-state index in [0.29, 0.717) is 29.0 Å². The Hall–Kier alpha value is -2.73. The van der Waals surface area contributed by atoms with Gasteiger partial charge in [-0.05, 0) is 36.2 Å². The van der Waals surface area contributed by atoms with Gasteiger partial charge in [-0.2, -0.15) is 0 Å². The Balaban J connectivity index is 1.91. The minimum atomic E-state index is -3.76. The Kier molecular flexibility index (Phi) is 6.33. The molecule has 0 bridgehead atoms. The Bertz CT molecular complexity index is 1210. The van der Waals surface area contributed by atoms with Crippen LogP contribution in [0.3, 0.4) is 0 Å². The molecule has 0 spiro atoms. The Morgan fingerprint density at radius 2 is 1.83 bits per heavy atom. The number of aromatic nitrogens is 2. The van der Waals surface area contributed by atoms with E-state index < -0.39 is 10.0 Å². The van der Waals surface area contributed by atoms with Gasteiger partial charge < -0.3 is 0 Å². The highest BCUT2D eigenvalue weighted by Crippen LogP contribution is 2.18. The summed E-state index contributed by atoms with van der Waals surface area (Å²) in [6.07, 6.45) is 0.460. The van der Waals surface area contributed by atoms with Crippen molar-refractivity contribution in [3.63, 3.8) is 0 Å². The van der Waals surface area contributed by atoms with Crippen LogP contribution in [0.25, 0.3) is 10.9 Å². The molecule has 29 heavy (non-hydrogen) atoms. The quantitative estimate of drug-likeness (QED) is 0.160. The van der Waals surface area contributed by atoms with E-state index in [2.05, 4.69) is 4.98 Å². The Labute approximate surface area is 171 Å². The van der Waals surface area contributed by atoms with Crippen molar-refractivity contribution in [3.05, 3.63) is 64.4 Å². The van der Waals surface area contributed by atoms with E-state index in [-0.39, 0.29) is 22.1 Å². The highest BCUT2D eigenvalue weighted by molar-refractivity contribution is 7.99. The first-order valence-electron chi connectivity index (χ1n) is 8.53. The third-order valence-corrected chi connectivity index (χ3v) is 6.10. The number of rotatable bonds is 7. The van der Waals surface area contributed by atoms with Crippen molar-refractivity contribution < 1.29 is 13.2 Å². The molecule has 0 saturated carbocycles. The number of sulfonamides is 1. The van der Waals surface area contributed by atoms with Gasteiger partial charge >= 0.3 is 0 Å². The number of para-hydroxylation sites is 1.